The lowest BCUT2D eigenvalue weighted by Gasteiger charge is -2.14. The minimum Gasteiger partial charge on any atom is -0.457 e. The second-order valence-electron chi connectivity index (χ2n) is 6.09. The summed E-state index contributed by atoms with van der Waals surface area (Å²) < 4.78 is 5.84. The summed E-state index contributed by atoms with van der Waals surface area (Å²) in [6.07, 6.45) is 5.15. The van der Waals surface area contributed by atoms with E-state index >= 15 is 0 Å². The van der Waals surface area contributed by atoms with Crippen LogP contribution in [-0.4, -0.2) is 11.9 Å². The summed E-state index contributed by atoms with van der Waals surface area (Å²) in [5, 5.41) is 3.55. The van der Waals surface area contributed by atoms with Gasteiger partial charge in [0.1, 0.15) is 11.5 Å². The number of nitrogens with two attached hydrogens (primary N) is 1. The van der Waals surface area contributed by atoms with E-state index in [9.17, 15) is 4.79 Å². The van der Waals surface area contributed by atoms with Crippen LogP contribution in [0.2, 0.25) is 0 Å². The van der Waals surface area contributed by atoms with Crippen LogP contribution >= 0.6 is 0 Å². The Hall–Kier alpha value is -2.49. The van der Waals surface area contributed by atoms with Crippen LogP contribution in [0.15, 0.2) is 42.5 Å². The molecule has 23 heavy (non-hydrogen) atoms. The maximum Gasteiger partial charge on any atom is 0.248 e. The molecule has 2 aromatic carbocycles. The molecule has 120 valence electrons. The molecule has 1 saturated carbocycles. The average molecular weight is 310 g/mol. The van der Waals surface area contributed by atoms with Gasteiger partial charge in [-0.3, -0.25) is 4.79 Å². The van der Waals surface area contributed by atoms with Crippen molar-refractivity contribution in [2.24, 2.45) is 5.73 Å². The van der Waals surface area contributed by atoms with Gasteiger partial charge < -0.3 is 15.8 Å². The van der Waals surface area contributed by atoms with Crippen LogP contribution in [0.3, 0.4) is 0 Å². The van der Waals surface area contributed by atoms with Crippen LogP contribution in [-0.2, 0) is 0 Å². The molecule has 0 saturated heterocycles. The number of rotatable bonds is 5. The maximum atomic E-state index is 11.2. The van der Waals surface area contributed by atoms with Crippen LogP contribution in [0.4, 0.5) is 5.69 Å². The van der Waals surface area contributed by atoms with Crippen molar-refractivity contribution in [2.75, 3.05) is 5.32 Å². The maximum absolute atomic E-state index is 11.2. The summed E-state index contributed by atoms with van der Waals surface area (Å²) in [5.74, 6) is 1.05. The highest BCUT2D eigenvalue weighted by molar-refractivity contribution is 5.94. The smallest absolute Gasteiger partial charge is 0.248 e. The highest BCUT2D eigenvalue weighted by atomic mass is 16.5. The van der Waals surface area contributed by atoms with Crippen LogP contribution < -0.4 is 15.8 Å². The number of hydrogen-bond donors (Lipinski definition) is 2. The lowest BCUT2D eigenvalue weighted by atomic mass is 10.1. The molecule has 3 rings (SSSR count). The van der Waals surface area contributed by atoms with E-state index in [1.54, 1.807) is 12.1 Å². The minimum atomic E-state index is -0.420. The summed E-state index contributed by atoms with van der Waals surface area (Å²) >= 11 is 0. The van der Waals surface area contributed by atoms with Gasteiger partial charge in [0.25, 0.3) is 0 Å². The van der Waals surface area contributed by atoms with Gasteiger partial charge >= 0.3 is 0 Å². The molecule has 1 aliphatic carbocycles. The first kappa shape index (κ1) is 15.4. The summed E-state index contributed by atoms with van der Waals surface area (Å²) in [4.78, 5) is 11.2. The zero-order chi connectivity index (χ0) is 16.2. The molecule has 1 fully saturated rings. The standard InChI is InChI=1S/C19H22N2O2/c1-13-12-17(10-11-18(13)19(20)22)23-16-8-6-15(7-9-16)21-14-4-2-3-5-14/h6-12,14,21H,2-5H2,1H3,(H2,20,22). The average Bonchev–Trinajstić information content (AvgIpc) is 3.02. The van der Waals surface area contributed by atoms with Crippen LogP contribution in [0, 0.1) is 6.92 Å². The molecule has 0 aromatic heterocycles. The van der Waals surface area contributed by atoms with Gasteiger partial charge in [-0.2, -0.15) is 0 Å². The Labute approximate surface area is 136 Å². The number of aryl methyl sites for hydroxylation is 1. The largest absolute Gasteiger partial charge is 0.457 e. The van der Waals surface area contributed by atoms with Crippen molar-refractivity contribution < 1.29 is 9.53 Å². The van der Waals surface area contributed by atoms with E-state index in [0.717, 1.165) is 17.0 Å². The number of hydrogen-bond acceptors (Lipinski definition) is 3. The van der Waals surface area contributed by atoms with Gasteiger partial charge in [0.2, 0.25) is 5.91 Å². The summed E-state index contributed by atoms with van der Waals surface area (Å²) in [5.41, 5.74) is 7.78. The molecular weight excluding hydrogens is 288 g/mol. The number of amides is 1. The Balaban J connectivity index is 1.65. The third-order valence-corrected chi connectivity index (χ3v) is 4.28. The highest BCUT2D eigenvalue weighted by Crippen LogP contribution is 2.27. The van der Waals surface area contributed by atoms with Crippen molar-refractivity contribution in [3.8, 4) is 11.5 Å². The van der Waals surface area contributed by atoms with Gasteiger partial charge in [-0.25, -0.2) is 0 Å². The zero-order valence-electron chi connectivity index (χ0n) is 13.3. The monoisotopic (exact) mass is 310 g/mol. The number of nitrogens with one attached hydrogen (secondary N) is 1. The van der Waals surface area contributed by atoms with Gasteiger partial charge in [0, 0.05) is 17.3 Å². The van der Waals surface area contributed by atoms with Crippen molar-refractivity contribution in [2.45, 2.75) is 38.6 Å². The van der Waals surface area contributed by atoms with Gasteiger partial charge in [-0.15, -0.1) is 0 Å². The number of ether oxygens (including phenoxy) is 1. The number of anilines is 1. The van der Waals surface area contributed by atoms with E-state index in [-0.39, 0.29) is 0 Å². The minimum absolute atomic E-state index is 0.420. The first-order valence-corrected chi connectivity index (χ1v) is 8.07. The van der Waals surface area contributed by atoms with E-state index in [1.807, 2.05) is 37.3 Å². The molecule has 4 heteroatoms. The fourth-order valence-corrected chi connectivity index (χ4v) is 3.04. The summed E-state index contributed by atoms with van der Waals surface area (Å²) in [6.45, 7) is 1.85. The van der Waals surface area contributed by atoms with Gasteiger partial charge in [-0.1, -0.05) is 12.8 Å². The molecule has 1 aliphatic rings. The molecular formula is C19H22N2O2. The quantitative estimate of drug-likeness (QED) is 0.868. The molecule has 0 atom stereocenters. The second-order valence-corrected chi connectivity index (χ2v) is 6.09. The van der Waals surface area contributed by atoms with Gasteiger partial charge in [0.15, 0.2) is 0 Å². The first-order valence-electron chi connectivity index (χ1n) is 8.07. The lowest BCUT2D eigenvalue weighted by Crippen LogP contribution is -2.14. The predicted molar refractivity (Wildman–Crippen MR) is 92.1 cm³/mol. The van der Waals surface area contributed by atoms with E-state index in [1.165, 1.54) is 25.7 Å². The Kier molecular flexibility index (Phi) is 4.51. The number of carbonyl (C=O) groups is 1. The van der Waals surface area contributed by atoms with Gasteiger partial charge in [0.05, 0.1) is 0 Å². The molecule has 0 bridgehead atoms. The Bertz CT molecular complexity index is 689. The second kappa shape index (κ2) is 6.73. The Morgan fingerprint density at radius 2 is 1.74 bits per heavy atom. The SMILES string of the molecule is Cc1cc(Oc2ccc(NC3CCCC3)cc2)ccc1C(N)=O. The Morgan fingerprint density at radius 3 is 2.35 bits per heavy atom. The van der Waals surface area contributed by atoms with Crippen LogP contribution in [0.1, 0.15) is 41.6 Å². The van der Waals surface area contributed by atoms with Crippen molar-refractivity contribution in [3.05, 3.63) is 53.6 Å². The van der Waals surface area contributed by atoms with Crippen LogP contribution in [0.25, 0.3) is 0 Å². The fraction of sp³-hybridized carbons (Fsp3) is 0.316. The highest BCUT2D eigenvalue weighted by Gasteiger charge is 2.14. The van der Waals surface area contributed by atoms with Crippen molar-refractivity contribution in [1.82, 2.24) is 0 Å². The third-order valence-electron chi connectivity index (χ3n) is 4.28. The molecule has 1 amide bonds. The van der Waals surface area contributed by atoms with Crippen LogP contribution in [0.5, 0.6) is 11.5 Å². The first-order chi connectivity index (χ1) is 11.1. The zero-order valence-corrected chi connectivity index (χ0v) is 13.3. The van der Waals surface area contributed by atoms with Crippen molar-refractivity contribution in [1.29, 1.82) is 0 Å². The molecule has 0 radical (unpaired) electrons. The molecule has 0 unspecified atom stereocenters. The number of benzene rings is 2. The van der Waals surface area contributed by atoms with E-state index < -0.39 is 5.91 Å². The number of carbonyl (C=O) groups excluding carboxylic acids is 1. The molecule has 0 heterocycles. The molecule has 4 nitrogen and oxygen atoms in total. The Morgan fingerprint density at radius 1 is 1.09 bits per heavy atom. The van der Waals surface area contributed by atoms with Crippen molar-refractivity contribution in [3.63, 3.8) is 0 Å². The lowest BCUT2D eigenvalue weighted by molar-refractivity contribution is 0.0999. The third kappa shape index (κ3) is 3.83. The van der Waals surface area contributed by atoms with Gasteiger partial charge in [-0.05, 0) is 67.8 Å². The molecule has 3 N–H and O–H groups in total. The molecule has 2 aromatic rings. The summed E-state index contributed by atoms with van der Waals surface area (Å²) in [7, 11) is 0. The van der Waals surface area contributed by atoms with Crippen molar-refractivity contribution >= 4 is 11.6 Å². The van der Waals surface area contributed by atoms with E-state index in [4.69, 9.17) is 10.5 Å². The van der Waals surface area contributed by atoms with E-state index in [2.05, 4.69) is 5.32 Å². The molecule has 0 spiro atoms. The predicted octanol–water partition coefficient (Wildman–Crippen LogP) is 4.24. The van der Waals surface area contributed by atoms with E-state index in [0.29, 0.717) is 17.4 Å². The normalized spacial score (nSPS) is 14.7. The number of primary amides is 1. The molecule has 0 aliphatic heterocycles. The fourth-order valence-electron chi connectivity index (χ4n) is 3.04. The summed E-state index contributed by atoms with van der Waals surface area (Å²) in [6, 6.07) is 13.9. The topological polar surface area (TPSA) is 64.3 Å².